The van der Waals surface area contributed by atoms with Crippen LogP contribution >= 0.6 is 0 Å². The summed E-state index contributed by atoms with van der Waals surface area (Å²) in [6.45, 7) is 3.81. The van der Waals surface area contributed by atoms with Gasteiger partial charge in [-0.15, -0.1) is 0 Å². The lowest BCUT2D eigenvalue weighted by molar-refractivity contribution is -0.124. The van der Waals surface area contributed by atoms with Crippen LogP contribution in [0.5, 0.6) is 0 Å². The number of hydrogen-bond acceptors (Lipinski definition) is 4. The molecule has 2 atom stereocenters. The summed E-state index contributed by atoms with van der Waals surface area (Å²) < 4.78 is 5.53. The van der Waals surface area contributed by atoms with Crippen LogP contribution < -0.4 is 5.32 Å². The molecule has 6 heteroatoms. The smallest absolute Gasteiger partial charge is 0.339 e. The lowest BCUT2D eigenvalue weighted by atomic mass is 9.91. The molecule has 0 radical (unpaired) electrons. The maximum atomic E-state index is 11.7. The number of piperidine rings is 1. The van der Waals surface area contributed by atoms with E-state index in [-0.39, 0.29) is 23.4 Å². The van der Waals surface area contributed by atoms with Gasteiger partial charge in [-0.25, -0.2) is 4.79 Å². The Bertz CT molecular complexity index is 551. The van der Waals surface area contributed by atoms with Gasteiger partial charge in [0, 0.05) is 12.6 Å². The zero-order valence-corrected chi connectivity index (χ0v) is 11.4. The fourth-order valence-electron chi connectivity index (χ4n) is 3.27. The van der Waals surface area contributed by atoms with Crippen LogP contribution in [0.15, 0.2) is 10.5 Å². The van der Waals surface area contributed by atoms with Gasteiger partial charge in [-0.05, 0) is 32.4 Å². The second-order valence-corrected chi connectivity index (χ2v) is 5.52. The second kappa shape index (κ2) is 4.94. The maximum Gasteiger partial charge on any atom is 0.339 e. The first-order valence-electron chi connectivity index (χ1n) is 6.90. The first-order valence-corrected chi connectivity index (χ1v) is 6.90. The van der Waals surface area contributed by atoms with Gasteiger partial charge in [0.1, 0.15) is 17.1 Å². The van der Waals surface area contributed by atoms with E-state index in [1.165, 1.54) is 0 Å². The first-order chi connectivity index (χ1) is 9.56. The number of nitrogens with zero attached hydrogens (tertiary/aromatic N) is 1. The van der Waals surface area contributed by atoms with Crippen LogP contribution in [0.3, 0.4) is 0 Å². The van der Waals surface area contributed by atoms with Crippen LogP contribution in [0, 0.1) is 12.8 Å². The van der Waals surface area contributed by atoms with Gasteiger partial charge in [-0.2, -0.15) is 0 Å². The number of likely N-dealkylation sites (tertiary alicyclic amines) is 1. The van der Waals surface area contributed by atoms with Crippen molar-refractivity contribution in [1.82, 2.24) is 10.2 Å². The van der Waals surface area contributed by atoms with E-state index in [0.717, 1.165) is 19.4 Å². The van der Waals surface area contributed by atoms with Gasteiger partial charge < -0.3 is 14.8 Å². The molecule has 3 rings (SSSR count). The van der Waals surface area contributed by atoms with Crippen molar-refractivity contribution in [3.8, 4) is 0 Å². The van der Waals surface area contributed by atoms with E-state index in [9.17, 15) is 9.59 Å². The first kappa shape index (κ1) is 13.2. The number of carboxylic acids is 1. The highest BCUT2D eigenvalue weighted by Gasteiger charge is 2.40. The van der Waals surface area contributed by atoms with Gasteiger partial charge in [0.05, 0.1) is 12.5 Å². The van der Waals surface area contributed by atoms with E-state index < -0.39 is 5.97 Å². The van der Waals surface area contributed by atoms with Gasteiger partial charge in [0.25, 0.3) is 0 Å². The zero-order chi connectivity index (χ0) is 14.3. The molecule has 2 fully saturated rings. The van der Waals surface area contributed by atoms with E-state index in [1.54, 1.807) is 13.0 Å². The number of aromatic carboxylic acids is 1. The molecule has 20 heavy (non-hydrogen) atoms. The quantitative estimate of drug-likeness (QED) is 0.861. The highest BCUT2D eigenvalue weighted by atomic mass is 16.4. The van der Waals surface area contributed by atoms with Crippen molar-refractivity contribution in [2.45, 2.75) is 32.4 Å². The Hall–Kier alpha value is -1.82. The Morgan fingerprint density at radius 2 is 2.40 bits per heavy atom. The molecule has 0 aliphatic carbocycles. The van der Waals surface area contributed by atoms with Crippen molar-refractivity contribution >= 4 is 11.9 Å². The summed E-state index contributed by atoms with van der Waals surface area (Å²) >= 11 is 0. The van der Waals surface area contributed by atoms with Crippen LogP contribution in [0.2, 0.25) is 0 Å². The van der Waals surface area contributed by atoms with Crippen LogP contribution in [-0.4, -0.2) is 41.0 Å². The molecule has 3 heterocycles. The summed E-state index contributed by atoms with van der Waals surface area (Å²) in [5.41, 5.74) is 0.217. The number of furan rings is 1. The van der Waals surface area contributed by atoms with E-state index in [0.29, 0.717) is 24.6 Å². The Balaban J connectivity index is 1.75. The minimum Gasteiger partial charge on any atom is -0.478 e. The lowest BCUT2D eigenvalue weighted by Crippen LogP contribution is -2.44. The molecule has 2 aliphatic heterocycles. The summed E-state index contributed by atoms with van der Waals surface area (Å²) in [6.07, 6.45) is 1.92. The van der Waals surface area contributed by atoms with E-state index in [4.69, 9.17) is 9.52 Å². The monoisotopic (exact) mass is 278 g/mol. The van der Waals surface area contributed by atoms with E-state index >= 15 is 0 Å². The highest BCUT2D eigenvalue weighted by molar-refractivity contribution is 5.88. The third kappa shape index (κ3) is 2.20. The van der Waals surface area contributed by atoms with Crippen molar-refractivity contribution in [2.24, 2.45) is 5.92 Å². The Morgan fingerprint density at radius 1 is 1.60 bits per heavy atom. The number of hydrogen-bond donors (Lipinski definition) is 2. The van der Waals surface area contributed by atoms with Crippen molar-refractivity contribution in [3.63, 3.8) is 0 Å². The van der Waals surface area contributed by atoms with Gasteiger partial charge >= 0.3 is 5.97 Å². The van der Waals surface area contributed by atoms with E-state index in [1.807, 2.05) is 0 Å². The Morgan fingerprint density at radius 3 is 3.10 bits per heavy atom. The second-order valence-electron chi connectivity index (χ2n) is 5.52. The highest BCUT2D eigenvalue weighted by Crippen LogP contribution is 2.29. The number of carbonyl (C=O) groups is 2. The fraction of sp³-hybridized carbons (Fsp3) is 0.571. The van der Waals surface area contributed by atoms with Crippen molar-refractivity contribution < 1.29 is 19.1 Å². The zero-order valence-electron chi connectivity index (χ0n) is 11.4. The topological polar surface area (TPSA) is 82.8 Å². The Kier molecular flexibility index (Phi) is 3.25. The maximum absolute atomic E-state index is 11.7. The van der Waals surface area contributed by atoms with Gasteiger partial charge in [0.15, 0.2) is 0 Å². The molecule has 0 aromatic carbocycles. The van der Waals surface area contributed by atoms with Crippen molar-refractivity contribution in [2.75, 3.05) is 13.1 Å². The molecule has 0 saturated carbocycles. The number of amides is 1. The SMILES string of the molecule is Cc1oc(CN2CCCC3C(=O)NCC32)cc1C(=O)O. The summed E-state index contributed by atoms with van der Waals surface area (Å²) in [5, 5.41) is 11.9. The summed E-state index contributed by atoms with van der Waals surface area (Å²) in [5.74, 6) is 0.327. The standard InChI is InChI=1S/C14H18N2O4/c1-8-11(14(18)19)5-9(20-8)7-16-4-2-3-10-12(16)6-15-13(10)17/h5,10,12H,2-4,6-7H2,1H3,(H,15,17)(H,18,19). The predicted octanol–water partition coefficient (Wildman–Crippen LogP) is 0.997. The molecule has 2 unspecified atom stereocenters. The molecule has 108 valence electrons. The average Bonchev–Trinajstić information content (AvgIpc) is 2.95. The third-order valence-electron chi connectivity index (χ3n) is 4.27. The number of fused-ring (bicyclic) bond motifs is 1. The summed E-state index contributed by atoms with van der Waals surface area (Å²) in [7, 11) is 0. The number of aryl methyl sites for hydroxylation is 1. The average molecular weight is 278 g/mol. The molecule has 0 spiro atoms. The number of nitrogens with one attached hydrogen (secondary N) is 1. The normalized spacial score (nSPS) is 26.4. The summed E-state index contributed by atoms with van der Waals surface area (Å²) in [4.78, 5) is 25.0. The molecular weight excluding hydrogens is 260 g/mol. The molecular formula is C14H18N2O4. The van der Waals surface area contributed by atoms with Gasteiger partial charge in [-0.1, -0.05) is 0 Å². The van der Waals surface area contributed by atoms with Gasteiger partial charge in [0.2, 0.25) is 5.91 Å². The van der Waals surface area contributed by atoms with Gasteiger partial charge in [-0.3, -0.25) is 9.69 Å². The fourth-order valence-corrected chi connectivity index (χ4v) is 3.27. The number of carboxylic acid groups (broad SMARTS) is 1. The molecule has 2 saturated heterocycles. The van der Waals surface area contributed by atoms with Crippen molar-refractivity contribution in [1.29, 1.82) is 0 Å². The molecule has 1 aromatic heterocycles. The molecule has 1 aromatic rings. The number of carbonyl (C=O) groups excluding carboxylic acids is 1. The van der Waals surface area contributed by atoms with E-state index in [2.05, 4.69) is 10.2 Å². The lowest BCUT2D eigenvalue weighted by Gasteiger charge is -2.35. The van der Waals surface area contributed by atoms with Crippen LogP contribution in [0.25, 0.3) is 0 Å². The summed E-state index contributed by atoms with van der Waals surface area (Å²) in [6, 6.07) is 1.79. The molecule has 6 nitrogen and oxygen atoms in total. The minimum absolute atomic E-state index is 0.0683. The largest absolute Gasteiger partial charge is 0.478 e. The predicted molar refractivity (Wildman–Crippen MR) is 70.3 cm³/mol. The van der Waals surface area contributed by atoms with Crippen molar-refractivity contribution in [3.05, 3.63) is 23.2 Å². The number of rotatable bonds is 3. The van der Waals surface area contributed by atoms with Crippen LogP contribution in [-0.2, 0) is 11.3 Å². The van der Waals surface area contributed by atoms with Crippen LogP contribution in [0.4, 0.5) is 0 Å². The molecule has 2 N–H and O–H groups in total. The molecule has 0 bridgehead atoms. The molecule has 1 amide bonds. The van der Waals surface area contributed by atoms with Crippen LogP contribution in [0.1, 0.15) is 34.7 Å². The minimum atomic E-state index is -0.966. The molecule has 2 aliphatic rings. The Labute approximate surface area is 116 Å². The third-order valence-corrected chi connectivity index (χ3v) is 4.27.